The van der Waals surface area contributed by atoms with E-state index in [1.807, 2.05) is 25.1 Å². The molecule has 0 amide bonds. The number of pyridine rings is 1. The third kappa shape index (κ3) is 2.77. The molecule has 0 aliphatic heterocycles. The van der Waals surface area contributed by atoms with Gasteiger partial charge in [0.25, 0.3) is 0 Å². The molecule has 3 N–H and O–H groups in total. The lowest BCUT2D eigenvalue weighted by molar-refractivity contribution is 1.11. The fourth-order valence-electron chi connectivity index (χ4n) is 1.60. The first-order valence-corrected chi connectivity index (χ1v) is 6.15. The summed E-state index contributed by atoms with van der Waals surface area (Å²) in [6, 6.07) is 7.90. The van der Waals surface area contributed by atoms with E-state index in [2.05, 4.69) is 32.3 Å². The molecule has 0 unspecified atom stereocenters. The summed E-state index contributed by atoms with van der Waals surface area (Å²) in [5.41, 5.74) is 10.1. The predicted molar refractivity (Wildman–Crippen MR) is 74.9 cm³/mol. The third-order valence-electron chi connectivity index (χ3n) is 2.73. The van der Waals surface area contributed by atoms with Crippen LogP contribution >= 0.6 is 15.9 Å². The zero-order valence-corrected chi connectivity index (χ0v) is 11.2. The summed E-state index contributed by atoms with van der Waals surface area (Å²) in [6.45, 7) is 2.79. The largest absolute Gasteiger partial charge is 0.399 e. The van der Waals surface area contributed by atoms with Crippen molar-refractivity contribution in [2.45, 2.75) is 13.5 Å². The SMILES string of the molecule is Cc1c(N)cccc1CNc1ccncc1Br. The van der Waals surface area contributed by atoms with Crippen molar-refractivity contribution in [3.63, 3.8) is 0 Å². The minimum atomic E-state index is 0.749. The summed E-state index contributed by atoms with van der Waals surface area (Å²) in [5.74, 6) is 0. The Bertz CT molecular complexity index is 526. The average Bonchev–Trinajstić information content (AvgIpc) is 2.33. The smallest absolute Gasteiger partial charge is 0.0590 e. The number of hydrogen-bond acceptors (Lipinski definition) is 3. The molecular formula is C13H14BrN3. The van der Waals surface area contributed by atoms with Crippen LogP contribution in [0.4, 0.5) is 11.4 Å². The van der Waals surface area contributed by atoms with Crippen molar-refractivity contribution < 1.29 is 0 Å². The summed E-state index contributed by atoms with van der Waals surface area (Å²) in [7, 11) is 0. The Morgan fingerprint density at radius 2 is 2.18 bits per heavy atom. The van der Waals surface area contributed by atoms with Gasteiger partial charge in [-0.3, -0.25) is 4.98 Å². The predicted octanol–water partition coefficient (Wildman–Crippen LogP) is 3.35. The van der Waals surface area contributed by atoms with Gasteiger partial charge in [-0.15, -0.1) is 0 Å². The molecule has 4 heteroatoms. The van der Waals surface area contributed by atoms with E-state index in [4.69, 9.17) is 5.73 Å². The highest BCUT2D eigenvalue weighted by Crippen LogP contribution is 2.22. The Morgan fingerprint density at radius 3 is 2.94 bits per heavy atom. The molecule has 0 aliphatic rings. The van der Waals surface area contributed by atoms with Crippen molar-refractivity contribution >= 4 is 27.3 Å². The molecule has 0 fully saturated rings. The number of rotatable bonds is 3. The molecule has 17 heavy (non-hydrogen) atoms. The Labute approximate surface area is 109 Å². The van der Waals surface area contributed by atoms with E-state index in [1.54, 1.807) is 12.4 Å². The molecule has 1 aromatic heterocycles. The monoisotopic (exact) mass is 291 g/mol. The van der Waals surface area contributed by atoms with E-state index >= 15 is 0 Å². The zero-order valence-electron chi connectivity index (χ0n) is 9.57. The van der Waals surface area contributed by atoms with E-state index in [-0.39, 0.29) is 0 Å². The maximum absolute atomic E-state index is 5.87. The molecule has 88 valence electrons. The summed E-state index contributed by atoms with van der Waals surface area (Å²) >= 11 is 3.45. The van der Waals surface area contributed by atoms with Gasteiger partial charge in [0.2, 0.25) is 0 Å². The fourth-order valence-corrected chi connectivity index (χ4v) is 1.99. The third-order valence-corrected chi connectivity index (χ3v) is 3.36. The van der Waals surface area contributed by atoms with Crippen LogP contribution in [0.15, 0.2) is 41.1 Å². The van der Waals surface area contributed by atoms with Gasteiger partial charge in [0.1, 0.15) is 0 Å². The minimum absolute atomic E-state index is 0.749. The second-order valence-corrected chi connectivity index (χ2v) is 4.69. The molecule has 2 aromatic rings. The molecule has 0 atom stereocenters. The molecule has 0 spiro atoms. The zero-order chi connectivity index (χ0) is 12.3. The molecule has 0 aliphatic carbocycles. The van der Waals surface area contributed by atoms with Gasteiger partial charge in [0, 0.05) is 24.6 Å². The number of nitrogens with one attached hydrogen (secondary N) is 1. The number of anilines is 2. The Kier molecular flexibility index (Phi) is 3.64. The van der Waals surface area contributed by atoms with Crippen molar-refractivity contribution in [3.8, 4) is 0 Å². The minimum Gasteiger partial charge on any atom is -0.399 e. The first-order valence-electron chi connectivity index (χ1n) is 5.36. The summed E-state index contributed by atoms with van der Waals surface area (Å²) in [4.78, 5) is 4.02. The fraction of sp³-hybridized carbons (Fsp3) is 0.154. The quantitative estimate of drug-likeness (QED) is 0.853. The first-order chi connectivity index (χ1) is 8.18. The van der Waals surface area contributed by atoms with Gasteiger partial charge >= 0.3 is 0 Å². The summed E-state index contributed by atoms with van der Waals surface area (Å²) < 4.78 is 0.960. The number of hydrogen-bond donors (Lipinski definition) is 2. The van der Waals surface area contributed by atoms with Crippen LogP contribution in [0.3, 0.4) is 0 Å². The lowest BCUT2D eigenvalue weighted by Crippen LogP contribution is -2.03. The van der Waals surface area contributed by atoms with Gasteiger partial charge in [0.15, 0.2) is 0 Å². The van der Waals surface area contributed by atoms with Crippen molar-refractivity contribution in [2.24, 2.45) is 0 Å². The van der Waals surface area contributed by atoms with Crippen LogP contribution < -0.4 is 11.1 Å². The van der Waals surface area contributed by atoms with Crippen LogP contribution in [0.1, 0.15) is 11.1 Å². The van der Waals surface area contributed by atoms with Crippen LogP contribution in [-0.4, -0.2) is 4.98 Å². The van der Waals surface area contributed by atoms with E-state index in [0.29, 0.717) is 0 Å². The van der Waals surface area contributed by atoms with Crippen LogP contribution in [-0.2, 0) is 6.54 Å². The number of nitrogens with two attached hydrogens (primary N) is 1. The average molecular weight is 292 g/mol. The van der Waals surface area contributed by atoms with Gasteiger partial charge in [-0.2, -0.15) is 0 Å². The van der Waals surface area contributed by atoms with Gasteiger partial charge in [-0.25, -0.2) is 0 Å². The maximum Gasteiger partial charge on any atom is 0.0590 e. The maximum atomic E-state index is 5.87. The van der Waals surface area contributed by atoms with Gasteiger partial charge in [-0.1, -0.05) is 12.1 Å². The molecule has 1 aromatic carbocycles. The summed E-state index contributed by atoms with van der Waals surface area (Å²) in [6.07, 6.45) is 3.54. The second kappa shape index (κ2) is 5.19. The van der Waals surface area contributed by atoms with Gasteiger partial charge < -0.3 is 11.1 Å². The number of nitrogen functional groups attached to an aromatic ring is 1. The molecule has 1 heterocycles. The van der Waals surface area contributed by atoms with E-state index in [9.17, 15) is 0 Å². The van der Waals surface area contributed by atoms with Crippen molar-refractivity contribution in [3.05, 3.63) is 52.3 Å². The standard InChI is InChI=1S/C13H14BrN3/c1-9-10(3-2-4-12(9)15)7-17-13-5-6-16-8-11(13)14/h2-6,8H,7,15H2,1H3,(H,16,17). The highest BCUT2D eigenvalue weighted by Gasteiger charge is 2.02. The van der Waals surface area contributed by atoms with Crippen molar-refractivity contribution in [2.75, 3.05) is 11.1 Å². The highest BCUT2D eigenvalue weighted by molar-refractivity contribution is 9.10. The molecule has 0 saturated heterocycles. The molecule has 0 saturated carbocycles. The molecule has 0 bridgehead atoms. The number of aromatic nitrogens is 1. The van der Waals surface area contributed by atoms with Crippen molar-refractivity contribution in [1.29, 1.82) is 0 Å². The van der Waals surface area contributed by atoms with Gasteiger partial charge in [-0.05, 0) is 46.1 Å². The Hall–Kier alpha value is -1.55. The van der Waals surface area contributed by atoms with Crippen LogP contribution in [0.2, 0.25) is 0 Å². The normalized spacial score (nSPS) is 10.2. The highest BCUT2D eigenvalue weighted by atomic mass is 79.9. The van der Waals surface area contributed by atoms with E-state index in [1.165, 1.54) is 5.56 Å². The van der Waals surface area contributed by atoms with Crippen LogP contribution in [0.5, 0.6) is 0 Å². The molecular weight excluding hydrogens is 278 g/mol. The Morgan fingerprint density at radius 1 is 1.35 bits per heavy atom. The molecule has 0 radical (unpaired) electrons. The number of halogens is 1. The lowest BCUT2D eigenvalue weighted by atomic mass is 10.1. The number of nitrogens with zero attached hydrogens (tertiary/aromatic N) is 1. The van der Waals surface area contributed by atoms with E-state index in [0.717, 1.165) is 28.0 Å². The molecule has 2 rings (SSSR count). The number of benzene rings is 1. The molecule has 3 nitrogen and oxygen atoms in total. The van der Waals surface area contributed by atoms with Crippen molar-refractivity contribution in [1.82, 2.24) is 4.98 Å². The lowest BCUT2D eigenvalue weighted by Gasteiger charge is -2.11. The summed E-state index contributed by atoms with van der Waals surface area (Å²) in [5, 5.41) is 3.35. The topological polar surface area (TPSA) is 50.9 Å². The van der Waals surface area contributed by atoms with Gasteiger partial charge in [0.05, 0.1) is 10.2 Å². The Balaban J connectivity index is 2.13. The first kappa shape index (κ1) is 11.9. The van der Waals surface area contributed by atoms with Crippen LogP contribution in [0.25, 0.3) is 0 Å². The van der Waals surface area contributed by atoms with E-state index < -0.39 is 0 Å². The second-order valence-electron chi connectivity index (χ2n) is 3.84. The van der Waals surface area contributed by atoms with Crippen LogP contribution in [0, 0.1) is 6.92 Å².